The molecule has 1 unspecified atom stereocenters. The predicted molar refractivity (Wildman–Crippen MR) is 57.3 cm³/mol. The molecule has 0 heterocycles. The number of hydrogen-bond acceptors (Lipinski definition) is 3. The van der Waals surface area contributed by atoms with Crippen LogP contribution < -0.4 is 10.6 Å². The van der Waals surface area contributed by atoms with E-state index in [1.165, 1.54) is 0 Å². The van der Waals surface area contributed by atoms with Gasteiger partial charge < -0.3 is 15.4 Å². The molecule has 0 aliphatic heterocycles. The Balaban J connectivity index is 3.58. The fourth-order valence-corrected chi connectivity index (χ4v) is 1.21. The van der Waals surface area contributed by atoms with E-state index in [2.05, 4.69) is 10.6 Å². The van der Waals surface area contributed by atoms with Crippen LogP contribution in [0.2, 0.25) is 0 Å². The standard InChI is InChI=1S/C10H22N2O2/c1-4-6-9(14-3)10(13)12-8-5-7-11-2/h9,11H,4-8H2,1-3H3,(H,12,13). The normalized spacial score (nSPS) is 12.5. The van der Waals surface area contributed by atoms with Gasteiger partial charge in [-0.25, -0.2) is 0 Å². The van der Waals surface area contributed by atoms with Crippen LogP contribution in [0.4, 0.5) is 0 Å². The molecule has 1 amide bonds. The highest BCUT2D eigenvalue weighted by Crippen LogP contribution is 2.00. The Morgan fingerprint density at radius 1 is 1.43 bits per heavy atom. The summed E-state index contributed by atoms with van der Waals surface area (Å²) in [6.07, 6.45) is 2.41. The SMILES string of the molecule is CCCC(OC)C(=O)NCCCNC. The summed E-state index contributed by atoms with van der Waals surface area (Å²) in [5.74, 6) is 0.00505. The molecule has 0 aromatic carbocycles. The molecule has 0 aromatic heterocycles. The smallest absolute Gasteiger partial charge is 0.249 e. The molecule has 0 rings (SSSR count). The molecule has 0 aliphatic rings. The lowest BCUT2D eigenvalue weighted by Crippen LogP contribution is -2.36. The van der Waals surface area contributed by atoms with E-state index in [1.54, 1.807) is 7.11 Å². The molecule has 0 radical (unpaired) electrons. The second kappa shape index (κ2) is 8.97. The molecule has 2 N–H and O–H groups in total. The van der Waals surface area contributed by atoms with E-state index in [4.69, 9.17) is 4.74 Å². The van der Waals surface area contributed by atoms with E-state index >= 15 is 0 Å². The van der Waals surface area contributed by atoms with Gasteiger partial charge in [-0.1, -0.05) is 13.3 Å². The van der Waals surface area contributed by atoms with Crippen molar-refractivity contribution in [3.8, 4) is 0 Å². The van der Waals surface area contributed by atoms with Gasteiger partial charge in [0.25, 0.3) is 0 Å². The lowest BCUT2D eigenvalue weighted by atomic mass is 10.2. The Morgan fingerprint density at radius 2 is 2.14 bits per heavy atom. The van der Waals surface area contributed by atoms with Crippen molar-refractivity contribution in [2.24, 2.45) is 0 Å². The maximum atomic E-state index is 11.5. The molecule has 14 heavy (non-hydrogen) atoms. The molecule has 0 saturated heterocycles. The van der Waals surface area contributed by atoms with Gasteiger partial charge in [0.1, 0.15) is 6.10 Å². The zero-order chi connectivity index (χ0) is 10.8. The summed E-state index contributed by atoms with van der Waals surface area (Å²) in [7, 11) is 3.48. The summed E-state index contributed by atoms with van der Waals surface area (Å²) in [5, 5.41) is 5.88. The minimum atomic E-state index is -0.283. The molecule has 0 aliphatic carbocycles. The van der Waals surface area contributed by atoms with Gasteiger partial charge >= 0.3 is 0 Å². The number of methoxy groups -OCH3 is 1. The molecular formula is C10H22N2O2. The summed E-state index contributed by atoms with van der Waals surface area (Å²) < 4.78 is 5.08. The minimum Gasteiger partial charge on any atom is -0.372 e. The second-order valence-electron chi connectivity index (χ2n) is 3.26. The monoisotopic (exact) mass is 202 g/mol. The van der Waals surface area contributed by atoms with Crippen LogP contribution in [0.3, 0.4) is 0 Å². The average Bonchev–Trinajstić information content (AvgIpc) is 2.20. The van der Waals surface area contributed by atoms with E-state index < -0.39 is 0 Å². The highest BCUT2D eigenvalue weighted by atomic mass is 16.5. The van der Waals surface area contributed by atoms with Crippen LogP contribution >= 0.6 is 0 Å². The first-order chi connectivity index (χ1) is 6.76. The highest BCUT2D eigenvalue weighted by Gasteiger charge is 2.15. The maximum Gasteiger partial charge on any atom is 0.249 e. The van der Waals surface area contributed by atoms with Crippen molar-refractivity contribution in [1.82, 2.24) is 10.6 Å². The summed E-state index contributed by atoms with van der Waals surface area (Å²) in [6, 6.07) is 0. The molecule has 0 bridgehead atoms. The number of hydrogen-bond donors (Lipinski definition) is 2. The summed E-state index contributed by atoms with van der Waals surface area (Å²) >= 11 is 0. The largest absolute Gasteiger partial charge is 0.372 e. The quantitative estimate of drug-likeness (QED) is 0.564. The van der Waals surface area contributed by atoms with Crippen LogP contribution in [-0.4, -0.2) is 39.3 Å². The summed E-state index contributed by atoms with van der Waals surface area (Å²) in [6.45, 7) is 3.68. The van der Waals surface area contributed by atoms with Gasteiger partial charge in [0, 0.05) is 13.7 Å². The molecule has 0 fully saturated rings. The van der Waals surface area contributed by atoms with Crippen molar-refractivity contribution < 1.29 is 9.53 Å². The first kappa shape index (κ1) is 13.4. The molecule has 84 valence electrons. The van der Waals surface area contributed by atoms with Crippen LogP contribution in [-0.2, 0) is 9.53 Å². The van der Waals surface area contributed by atoms with E-state index in [9.17, 15) is 4.79 Å². The third kappa shape index (κ3) is 5.94. The second-order valence-corrected chi connectivity index (χ2v) is 3.26. The Labute approximate surface area is 86.4 Å². The Morgan fingerprint density at radius 3 is 2.64 bits per heavy atom. The van der Waals surface area contributed by atoms with Crippen molar-refractivity contribution in [2.45, 2.75) is 32.3 Å². The van der Waals surface area contributed by atoms with Crippen molar-refractivity contribution in [3.05, 3.63) is 0 Å². The first-order valence-corrected chi connectivity index (χ1v) is 5.21. The number of ether oxygens (including phenoxy) is 1. The van der Waals surface area contributed by atoms with Gasteiger partial charge in [0.2, 0.25) is 5.91 Å². The van der Waals surface area contributed by atoms with Gasteiger partial charge in [-0.2, -0.15) is 0 Å². The maximum absolute atomic E-state index is 11.5. The number of rotatable bonds is 8. The van der Waals surface area contributed by atoms with E-state index in [0.717, 1.165) is 25.8 Å². The highest BCUT2D eigenvalue weighted by molar-refractivity contribution is 5.80. The zero-order valence-corrected chi connectivity index (χ0v) is 9.43. The van der Waals surface area contributed by atoms with Gasteiger partial charge in [0.05, 0.1) is 0 Å². The zero-order valence-electron chi connectivity index (χ0n) is 9.43. The van der Waals surface area contributed by atoms with Gasteiger partial charge in [-0.3, -0.25) is 4.79 Å². The topological polar surface area (TPSA) is 50.4 Å². The van der Waals surface area contributed by atoms with Crippen LogP contribution in [0, 0.1) is 0 Å². The third-order valence-electron chi connectivity index (χ3n) is 2.03. The molecule has 4 nitrogen and oxygen atoms in total. The summed E-state index contributed by atoms with van der Waals surface area (Å²) in [4.78, 5) is 11.5. The van der Waals surface area contributed by atoms with Gasteiger partial charge in [0.15, 0.2) is 0 Å². The number of nitrogens with one attached hydrogen (secondary N) is 2. The van der Waals surface area contributed by atoms with Crippen molar-refractivity contribution in [3.63, 3.8) is 0 Å². The average molecular weight is 202 g/mol. The van der Waals surface area contributed by atoms with Crippen LogP contribution in [0.15, 0.2) is 0 Å². The van der Waals surface area contributed by atoms with Crippen LogP contribution in [0.1, 0.15) is 26.2 Å². The van der Waals surface area contributed by atoms with Gasteiger partial charge in [-0.15, -0.1) is 0 Å². The van der Waals surface area contributed by atoms with E-state index in [0.29, 0.717) is 6.54 Å². The fraction of sp³-hybridized carbons (Fsp3) is 0.900. The Bertz CT molecular complexity index is 151. The molecule has 0 aromatic rings. The first-order valence-electron chi connectivity index (χ1n) is 5.21. The Hall–Kier alpha value is -0.610. The number of carbonyl (C=O) groups excluding carboxylic acids is 1. The van der Waals surface area contributed by atoms with Crippen molar-refractivity contribution in [2.75, 3.05) is 27.2 Å². The van der Waals surface area contributed by atoms with Crippen molar-refractivity contribution >= 4 is 5.91 Å². The molecule has 0 spiro atoms. The molecule has 1 atom stereocenters. The minimum absolute atomic E-state index is 0.00505. The van der Waals surface area contributed by atoms with E-state index in [-0.39, 0.29) is 12.0 Å². The van der Waals surface area contributed by atoms with Crippen LogP contribution in [0.25, 0.3) is 0 Å². The molecular weight excluding hydrogens is 180 g/mol. The lowest BCUT2D eigenvalue weighted by molar-refractivity contribution is -0.131. The Kier molecular flexibility index (Phi) is 8.57. The summed E-state index contributed by atoms with van der Waals surface area (Å²) in [5.41, 5.74) is 0. The van der Waals surface area contributed by atoms with E-state index in [1.807, 2.05) is 14.0 Å². The molecule has 0 saturated carbocycles. The van der Waals surface area contributed by atoms with Crippen molar-refractivity contribution in [1.29, 1.82) is 0 Å². The lowest BCUT2D eigenvalue weighted by Gasteiger charge is -2.14. The third-order valence-corrected chi connectivity index (χ3v) is 2.03. The fourth-order valence-electron chi connectivity index (χ4n) is 1.21. The van der Waals surface area contributed by atoms with Crippen LogP contribution in [0.5, 0.6) is 0 Å². The van der Waals surface area contributed by atoms with Gasteiger partial charge in [-0.05, 0) is 26.4 Å². The predicted octanol–water partition coefficient (Wildman–Crippen LogP) is 0.527. The number of carbonyl (C=O) groups is 1. The number of amides is 1. The molecule has 4 heteroatoms.